The molecule has 0 spiro atoms. The Labute approximate surface area is 172 Å². The highest BCUT2D eigenvalue weighted by molar-refractivity contribution is 5.33. The van der Waals surface area contributed by atoms with E-state index in [4.69, 9.17) is 0 Å². The van der Waals surface area contributed by atoms with Gasteiger partial charge in [-0.2, -0.15) is 8.78 Å². The third kappa shape index (κ3) is 6.11. The number of unbranched alkanes of at least 4 members (excludes halogenated alkanes) is 2. The van der Waals surface area contributed by atoms with Gasteiger partial charge in [-0.3, -0.25) is 0 Å². The Morgan fingerprint density at radius 1 is 0.862 bits per heavy atom. The van der Waals surface area contributed by atoms with Gasteiger partial charge in [0.15, 0.2) is 17.4 Å². The summed E-state index contributed by atoms with van der Waals surface area (Å²) in [4.78, 5) is 0. The van der Waals surface area contributed by atoms with Gasteiger partial charge in [0.1, 0.15) is 0 Å². The highest BCUT2D eigenvalue weighted by Gasteiger charge is 2.32. The van der Waals surface area contributed by atoms with E-state index < -0.39 is 24.0 Å². The van der Waals surface area contributed by atoms with Crippen LogP contribution in [0.25, 0.3) is 0 Å². The van der Waals surface area contributed by atoms with E-state index in [1.807, 2.05) is 0 Å². The molecule has 3 rings (SSSR count). The molecule has 0 N–H and O–H groups in total. The average molecular weight is 415 g/mol. The van der Waals surface area contributed by atoms with Crippen LogP contribution in [0.15, 0.2) is 12.1 Å². The number of rotatable bonds is 8. The molecule has 5 heteroatoms. The molecular formula is C24H34F4O. The lowest BCUT2D eigenvalue weighted by molar-refractivity contribution is -0.0546. The minimum atomic E-state index is -3.23. The first-order chi connectivity index (χ1) is 14.0. The second-order valence-electron chi connectivity index (χ2n) is 9.08. The van der Waals surface area contributed by atoms with Gasteiger partial charge >= 0.3 is 6.61 Å². The first kappa shape index (κ1) is 22.4. The summed E-state index contributed by atoms with van der Waals surface area (Å²) in [6.07, 6.45) is 14.8. The van der Waals surface area contributed by atoms with Crippen molar-refractivity contribution in [1.29, 1.82) is 0 Å². The topological polar surface area (TPSA) is 9.23 Å². The Kier molecular flexibility index (Phi) is 8.25. The fourth-order valence-corrected chi connectivity index (χ4v) is 5.57. The van der Waals surface area contributed by atoms with Crippen LogP contribution in [0.3, 0.4) is 0 Å². The maximum Gasteiger partial charge on any atom is 0.387 e. The maximum absolute atomic E-state index is 14.0. The minimum Gasteiger partial charge on any atom is -0.429 e. The third-order valence-electron chi connectivity index (χ3n) is 7.24. The molecule has 0 saturated heterocycles. The highest BCUT2D eigenvalue weighted by Crippen LogP contribution is 2.45. The van der Waals surface area contributed by atoms with E-state index in [0.29, 0.717) is 5.56 Å². The molecule has 2 saturated carbocycles. The number of alkyl halides is 2. The van der Waals surface area contributed by atoms with Gasteiger partial charge in [-0.05, 0) is 79.9 Å². The van der Waals surface area contributed by atoms with E-state index in [0.717, 1.165) is 43.4 Å². The molecule has 164 valence electrons. The molecule has 0 heterocycles. The van der Waals surface area contributed by atoms with Crippen molar-refractivity contribution in [3.63, 3.8) is 0 Å². The van der Waals surface area contributed by atoms with Gasteiger partial charge in [0.2, 0.25) is 0 Å². The van der Waals surface area contributed by atoms with Crippen molar-refractivity contribution in [2.75, 3.05) is 0 Å². The zero-order valence-electron chi connectivity index (χ0n) is 17.4. The zero-order valence-corrected chi connectivity index (χ0v) is 17.4. The van der Waals surface area contributed by atoms with Crippen LogP contribution < -0.4 is 4.74 Å². The van der Waals surface area contributed by atoms with Crippen LogP contribution in [0.2, 0.25) is 0 Å². The number of ether oxygens (including phenoxy) is 1. The Bertz CT molecular complexity index is 609. The van der Waals surface area contributed by atoms with Crippen LogP contribution >= 0.6 is 0 Å². The zero-order chi connectivity index (χ0) is 20.8. The van der Waals surface area contributed by atoms with Crippen LogP contribution in [-0.4, -0.2) is 6.61 Å². The second-order valence-corrected chi connectivity index (χ2v) is 9.08. The Hall–Kier alpha value is -1.26. The van der Waals surface area contributed by atoms with Crippen LogP contribution in [0.4, 0.5) is 17.6 Å². The van der Waals surface area contributed by atoms with Crippen molar-refractivity contribution in [2.45, 2.75) is 96.5 Å². The summed E-state index contributed by atoms with van der Waals surface area (Å²) < 4.78 is 56.7. The predicted molar refractivity (Wildman–Crippen MR) is 107 cm³/mol. The quantitative estimate of drug-likeness (QED) is 0.307. The lowest BCUT2D eigenvalue weighted by Crippen LogP contribution is -2.25. The maximum atomic E-state index is 14.0. The van der Waals surface area contributed by atoms with Crippen LogP contribution in [-0.2, 0) is 0 Å². The van der Waals surface area contributed by atoms with Crippen molar-refractivity contribution in [3.05, 3.63) is 29.3 Å². The SMILES string of the molecule is CCCCC[C@H]1CC[C@H](C2CCC(c3cc(F)c(OC(F)F)c(F)c3)CC2)CC1. The monoisotopic (exact) mass is 414 g/mol. The van der Waals surface area contributed by atoms with Gasteiger partial charge in [-0.1, -0.05) is 45.4 Å². The average Bonchev–Trinajstić information content (AvgIpc) is 2.71. The van der Waals surface area contributed by atoms with Crippen molar-refractivity contribution in [1.82, 2.24) is 0 Å². The number of hydrogen-bond acceptors (Lipinski definition) is 1. The Morgan fingerprint density at radius 3 is 1.93 bits per heavy atom. The summed E-state index contributed by atoms with van der Waals surface area (Å²) in [5, 5.41) is 0. The lowest BCUT2D eigenvalue weighted by Gasteiger charge is -2.38. The standard InChI is InChI=1S/C24H34F4O/c1-2-3-4-5-16-6-8-17(9-7-16)18-10-12-19(13-11-18)20-14-21(25)23(22(26)15-20)29-24(27)28/h14-19,24H,2-13H2,1H3/t16-,17-,18?,19?. The molecular weight excluding hydrogens is 380 g/mol. The smallest absolute Gasteiger partial charge is 0.387 e. The molecule has 0 aliphatic heterocycles. The van der Waals surface area contributed by atoms with Crippen LogP contribution in [0.5, 0.6) is 5.75 Å². The molecule has 29 heavy (non-hydrogen) atoms. The van der Waals surface area contributed by atoms with Gasteiger partial charge < -0.3 is 4.74 Å². The largest absolute Gasteiger partial charge is 0.429 e. The first-order valence-electron chi connectivity index (χ1n) is 11.4. The number of benzene rings is 1. The van der Waals surface area contributed by atoms with Crippen molar-refractivity contribution >= 4 is 0 Å². The van der Waals surface area contributed by atoms with E-state index in [1.165, 1.54) is 63.5 Å². The normalized spacial score (nSPS) is 27.9. The van der Waals surface area contributed by atoms with E-state index in [1.54, 1.807) is 0 Å². The van der Waals surface area contributed by atoms with Gasteiger partial charge in [-0.25, -0.2) is 8.78 Å². The molecule has 2 fully saturated rings. The van der Waals surface area contributed by atoms with E-state index in [-0.39, 0.29) is 5.92 Å². The summed E-state index contributed by atoms with van der Waals surface area (Å²) >= 11 is 0. The second kappa shape index (κ2) is 10.7. The molecule has 1 aromatic rings. The summed E-state index contributed by atoms with van der Waals surface area (Å²) in [5.41, 5.74) is 0.569. The summed E-state index contributed by atoms with van der Waals surface area (Å²) in [7, 11) is 0. The van der Waals surface area contributed by atoms with E-state index in [9.17, 15) is 17.6 Å². The van der Waals surface area contributed by atoms with Gasteiger partial charge in [0, 0.05) is 0 Å². The van der Waals surface area contributed by atoms with Crippen molar-refractivity contribution in [3.8, 4) is 5.75 Å². The summed E-state index contributed by atoms with van der Waals surface area (Å²) in [6, 6.07) is 2.35. The van der Waals surface area contributed by atoms with Crippen molar-refractivity contribution in [2.24, 2.45) is 17.8 Å². The number of hydrogen-bond donors (Lipinski definition) is 0. The van der Waals surface area contributed by atoms with E-state index >= 15 is 0 Å². The Balaban J connectivity index is 1.48. The summed E-state index contributed by atoms with van der Waals surface area (Å²) in [5.74, 6) is -0.524. The fourth-order valence-electron chi connectivity index (χ4n) is 5.57. The third-order valence-corrected chi connectivity index (χ3v) is 7.24. The molecule has 0 unspecified atom stereocenters. The number of halogens is 4. The first-order valence-corrected chi connectivity index (χ1v) is 11.4. The molecule has 0 aromatic heterocycles. The molecule has 0 amide bonds. The molecule has 0 radical (unpaired) electrons. The predicted octanol–water partition coefficient (Wildman–Crippen LogP) is 8.23. The van der Waals surface area contributed by atoms with Crippen molar-refractivity contribution < 1.29 is 22.3 Å². The molecule has 1 nitrogen and oxygen atoms in total. The minimum absolute atomic E-state index is 0.0984. The lowest BCUT2D eigenvalue weighted by atomic mass is 9.68. The molecule has 0 atom stereocenters. The van der Waals surface area contributed by atoms with Crippen LogP contribution in [0, 0.1) is 29.4 Å². The summed E-state index contributed by atoms with van der Waals surface area (Å²) in [6.45, 7) is -0.983. The molecule has 0 bridgehead atoms. The molecule has 1 aromatic carbocycles. The molecule has 2 aliphatic carbocycles. The fraction of sp³-hybridized carbons (Fsp3) is 0.750. The van der Waals surface area contributed by atoms with E-state index in [2.05, 4.69) is 11.7 Å². The van der Waals surface area contributed by atoms with Gasteiger partial charge in [0.05, 0.1) is 0 Å². The van der Waals surface area contributed by atoms with Gasteiger partial charge in [0.25, 0.3) is 0 Å². The van der Waals surface area contributed by atoms with Gasteiger partial charge in [-0.15, -0.1) is 0 Å². The highest BCUT2D eigenvalue weighted by atomic mass is 19.3. The van der Waals surface area contributed by atoms with Crippen LogP contribution in [0.1, 0.15) is 95.5 Å². The molecule has 2 aliphatic rings. The Morgan fingerprint density at radius 2 is 1.41 bits per heavy atom.